The first-order chi connectivity index (χ1) is 4.86. The summed E-state index contributed by atoms with van der Waals surface area (Å²) in [5, 5.41) is 7.09. The summed E-state index contributed by atoms with van der Waals surface area (Å²) in [5.74, 6) is 0. The second-order valence-electron chi connectivity index (χ2n) is 3.55. The van der Waals surface area contributed by atoms with Gasteiger partial charge in [-0.1, -0.05) is 12.8 Å². The molecule has 10 heavy (non-hydrogen) atoms. The molecule has 1 aliphatic carbocycles. The molecule has 2 fully saturated rings. The fourth-order valence-electron chi connectivity index (χ4n) is 2.22. The molecular formula is C8H16N2. The van der Waals surface area contributed by atoms with E-state index in [2.05, 4.69) is 17.6 Å². The van der Waals surface area contributed by atoms with Crippen molar-refractivity contribution >= 4 is 0 Å². The maximum absolute atomic E-state index is 3.54. The highest BCUT2D eigenvalue weighted by Gasteiger charge is 2.31. The monoisotopic (exact) mass is 140 g/mol. The molecule has 2 nitrogen and oxygen atoms in total. The Morgan fingerprint density at radius 1 is 1.00 bits per heavy atom. The fourth-order valence-corrected chi connectivity index (χ4v) is 2.22. The van der Waals surface area contributed by atoms with Gasteiger partial charge in [0.25, 0.3) is 0 Å². The molecule has 2 heteroatoms. The minimum absolute atomic E-state index is 0.549. The molecule has 0 spiro atoms. The third-order valence-electron chi connectivity index (χ3n) is 2.69. The van der Waals surface area contributed by atoms with Crippen LogP contribution in [0.1, 0.15) is 32.6 Å². The molecule has 0 bridgehead atoms. The van der Waals surface area contributed by atoms with Crippen LogP contribution in [0.4, 0.5) is 0 Å². The molecule has 1 aliphatic heterocycles. The van der Waals surface area contributed by atoms with Gasteiger partial charge in [0.2, 0.25) is 0 Å². The molecule has 0 amide bonds. The maximum Gasteiger partial charge on any atom is 0.0547 e. The molecule has 2 rings (SSSR count). The van der Waals surface area contributed by atoms with Crippen LogP contribution in [0.2, 0.25) is 0 Å². The van der Waals surface area contributed by atoms with Crippen molar-refractivity contribution in [2.24, 2.45) is 0 Å². The molecule has 2 aliphatic rings. The van der Waals surface area contributed by atoms with Gasteiger partial charge in [-0.05, 0) is 19.8 Å². The Kier molecular flexibility index (Phi) is 1.66. The molecule has 1 saturated carbocycles. The number of hydrogen-bond acceptors (Lipinski definition) is 2. The summed E-state index contributed by atoms with van der Waals surface area (Å²) in [4.78, 5) is 0. The summed E-state index contributed by atoms with van der Waals surface area (Å²) in [7, 11) is 0. The molecular weight excluding hydrogens is 124 g/mol. The highest BCUT2D eigenvalue weighted by atomic mass is 15.2. The first kappa shape index (κ1) is 6.62. The third-order valence-corrected chi connectivity index (χ3v) is 2.69. The summed E-state index contributed by atoms with van der Waals surface area (Å²) < 4.78 is 0. The van der Waals surface area contributed by atoms with Gasteiger partial charge in [-0.25, -0.2) is 0 Å². The van der Waals surface area contributed by atoms with E-state index >= 15 is 0 Å². The van der Waals surface area contributed by atoms with Crippen LogP contribution in [0.3, 0.4) is 0 Å². The van der Waals surface area contributed by atoms with Gasteiger partial charge < -0.3 is 0 Å². The molecule has 1 saturated heterocycles. The van der Waals surface area contributed by atoms with E-state index in [4.69, 9.17) is 0 Å². The Labute approximate surface area is 62.4 Å². The van der Waals surface area contributed by atoms with Gasteiger partial charge in [-0.3, -0.25) is 10.6 Å². The van der Waals surface area contributed by atoms with E-state index < -0.39 is 0 Å². The van der Waals surface area contributed by atoms with Crippen molar-refractivity contribution in [2.75, 3.05) is 0 Å². The second-order valence-corrected chi connectivity index (χ2v) is 3.55. The normalized spacial score (nSPS) is 47.1. The van der Waals surface area contributed by atoms with Gasteiger partial charge in [-0.15, -0.1) is 0 Å². The van der Waals surface area contributed by atoms with Crippen molar-refractivity contribution in [3.8, 4) is 0 Å². The lowest BCUT2D eigenvalue weighted by Crippen LogP contribution is -2.36. The van der Waals surface area contributed by atoms with Crippen LogP contribution in [0.5, 0.6) is 0 Å². The summed E-state index contributed by atoms with van der Waals surface area (Å²) in [6.45, 7) is 2.21. The molecule has 0 radical (unpaired) electrons. The lowest BCUT2D eigenvalue weighted by Gasteiger charge is -2.23. The molecule has 0 aromatic rings. The van der Waals surface area contributed by atoms with E-state index in [1.165, 1.54) is 25.7 Å². The third kappa shape index (κ3) is 1.06. The Morgan fingerprint density at radius 2 is 1.50 bits per heavy atom. The average Bonchev–Trinajstić information content (AvgIpc) is 2.27. The van der Waals surface area contributed by atoms with Crippen LogP contribution in [-0.4, -0.2) is 18.2 Å². The smallest absolute Gasteiger partial charge is 0.0547 e. The minimum Gasteiger partial charge on any atom is -0.298 e. The Hall–Kier alpha value is -0.0800. The van der Waals surface area contributed by atoms with Gasteiger partial charge in [-0.2, -0.15) is 0 Å². The lowest BCUT2D eigenvalue weighted by molar-refractivity contribution is 0.374. The summed E-state index contributed by atoms with van der Waals surface area (Å²) in [6.07, 6.45) is 6.14. The van der Waals surface area contributed by atoms with Gasteiger partial charge in [0.15, 0.2) is 0 Å². The first-order valence-electron chi connectivity index (χ1n) is 4.38. The first-order valence-corrected chi connectivity index (χ1v) is 4.38. The Bertz CT molecular complexity index is 110. The molecule has 2 atom stereocenters. The topological polar surface area (TPSA) is 24.1 Å². The molecule has 2 unspecified atom stereocenters. The maximum atomic E-state index is 3.54. The lowest BCUT2D eigenvalue weighted by atomic mass is 9.92. The van der Waals surface area contributed by atoms with Crippen molar-refractivity contribution in [2.45, 2.75) is 50.9 Å². The molecule has 0 aromatic carbocycles. The van der Waals surface area contributed by atoms with Gasteiger partial charge in [0, 0.05) is 12.1 Å². The SMILES string of the molecule is CC1NC2CCCCC2N1. The highest BCUT2D eigenvalue weighted by Crippen LogP contribution is 2.22. The minimum atomic E-state index is 0.549. The van der Waals surface area contributed by atoms with E-state index in [1.54, 1.807) is 0 Å². The van der Waals surface area contributed by atoms with Crippen LogP contribution < -0.4 is 10.6 Å². The summed E-state index contributed by atoms with van der Waals surface area (Å²) in [6, 6.07) is 1.56. The summed E-state index contributed by atoms with van der Waals surface area (Å²) in [5.41, 5.74) is 0. The zero-order chi connectivity index (χ0) is 6.97. The number of rotatable bonds is 0. The Balaban J connectivity index is 1.97. The van der Waals surface area contributed by atoms with E-state index in [1.807, 2.05) is 0 Å². The van der Waals surface area contributed by atoms with Crippen molar-refractivity contribution in [3.63, 3.8) is 0 Å². The van der Waals surface area contributed by atoms with Crippen molar-refractivity contribution < 1.29 is 0 Å². The predicted octanol–water partition coefficient (Wildman–Crippen LogP) is 0.836. The van der Waals surface area contributed by atoms with Crippen LogP contribution in [-0.2, 0) is 0 Å². The van der Waals surface area contributed by atoms with Crippen molar-refractivity contribution in [1.82, 2.24) is 10.6 Å². The zero-order valence-corrected chi connectivity index (χ0v) is 6.56. The van der Waals surface area contributed by atoms with Crippen LogP contribution in [0, 0.1) is 0 Å². The predicted molar refractivity (Wildman–Crippen MR) is 41.8 cm³/mol. The van der Waals surface area contributed by atoms with Gasteiger partial charge in [0.1, 0.15) is 0 Å². The molecule has 1 heterocycles. The molecule has 2 N–H and O–H groups in total. The number of nitrogens with one attached hydrogen (secondary N) is 2. The summed E-state index contributed by atoms with van der Waals surface area (Å²) >= 11 is 0. The van der Waals surface area contributed by atoms with Crippen molar-refractivity contribution in [3.05, 3.63) is 0 Å². The Morgan fingerprint density at radius 3 is 2.00 bits per heavy atom. The van der Waals surface area contributed by atoms with Gasteiger partial charge >= 0.3 is 0 Å². The quantitative estimate of drug-likeness (QED) is 0.521. The van der Waals surface area contributed by atoms with Crippen LogP contribution in [0.15, 0.2) is 0 Å². The average molecular weight is 140 g/mol. The van der Waals surface area contributed by atoms with Crippen LogP contribution >= 0.6 is 0 Å². The molecule has 58 valence electrons. The number of hydrogen-bond donors (Lipinski definition) is 2. The van der Waals surface area contributed by atoms with Gasteiger partial charge in [0.05, 0.1) is 6.17 Å². The van der Waals surface area contributed by atoms with E-state index in [0.29, 0.717) is 6.17 Å². The molecule has 0 aromatic heterocycles. The van der Waals surface area contributed by atoms with E-state index in [9.17, 15) is 0 Å². The highest BCUT2D eigenvalue weighted by molar-refractivity contribution is 4.93. The fraction of sp³-hybridized carbons (Fsp3) is 1.00. The second kappa shape index (κ2) is 2.51. The standard InChI is InChI=1S/C8H16N2/c1-6-9-7-4-2-3-5-8(7)10-6/h6-10H,2-5H2,1H3. The zero-order valence-electron chi connectivity index (χ0n) is 6.56. The van der Waals surface area contributed by atoms with E-state index in [-0.39, 0.29) is 0 Å². The van der Waals surface area contributed by atoms with Crippen molar-refractivity contribution in [1.29, 1.82) is 0 Å². The van der Waals surface area contributed by atoms with Crippen LogP contribution in [0.25, 0.3) is 0 Å². The largest absolute Gasteiger partial charge is 0.298 e. The van der Waals surface area contributed by atoms with E-state index in [0.717, 1.165) is 12.1 Å². The number of fused-ring (bicyclic) bond motifs is 1.